The molecule has 0 radical (unpaired) electrons. The molecule has 3 fully saturated rings. The number of benzene rings is 1. The fourth-order valence-corrected chi connectivity index (χ4v) is 4.17. The van der Waals surface area contributed by atoms with Crippen LogP contribution in [0, 0.1) is 5.92 Å². The summed E-state index contributed by atoms with van der Waals surface area (Å²) in [6.07, 6.45) is 10.0. The van der Waals surface area contributed by atoms with Crippen molar-refractivity contribution in [3.8, 4) is 0 Å². The monoisotopic (exact) mass is 271 g/mol. The molecule has 1 aromatic carbocycles. The third-order valence-corrected chi connectivity index (χ3v) is 5.47. The first-order chi connectivity index (χ1) is 9.88. The fourth-order valence-electron chi connectivity index (χ4n) is 4.17. The van der Waals surface area contributed by atoms with Crippen LogP contribution >= 0.6 is 0 Å². The van der Waals surface area contributed by atoms with Crippen LogP contribution in [-0.4, -0.2) is 18.2 Å². The Morgan fingerprint density at radius 2 is 1.65 bits per heavy atom. The first kappa shape index (κ1) is 12.8. The van der Waals surface area contributed by atoms with E-state index in [1.165, 1.54) is 50.5 Å². The molecule has 3 aliphatic rings. The zero-order valence-corrected chi connectivity index (χ0v) is 12.1. The minimum absolute atomic E-state index is 0.340. The van der Waals surface area contributed by atoms with E-state index in [9.17, 15) is 0 Å². The van der Waals surface area contributed by atoms with E-state index in [-0.39, 0.29) is 0 Å². The van der Waals surface area contributed by atoms with Crippen molar-refractivity contribution in [1.82, 2.24) is 5.32 Å². The smallest absolute Gasteiger partial charge is 0.0856 e. The summed E-state index contributed by atoms with van der Waals surface area (Å²) in [5, 5.41) is 3.71. The van der Waals surface area contributed by atoms with E-state index in [2.05, 4.69) is 35.6 Å². The van der Waals surface area contributed by atoms with Gasteiger partial charge in [0.05, 0.1) is 12.2 Å². The van der Waals surface area contributed by atoms with E-state index >= 15 is 0 Å². The molecule has 2 saturated heterocycles. The summed E-state index contributed by atoms with van der Waals surface area (Å²) in [7, 11) is 0. The summed E-state index contributed by atoms with van der Waals surface area (Å²) < 4.78 is 6.62. The van der Waals surface area contributed by atoms with Crippen molar-refractivity contribution in [3.63, 3.8) is 0 Å². The van der Waals surface area contributed by atoms with Crippen molar-refractivity contribution in [3.05, 3.63) is 35.9 Å². The average molecular weight is 271 g/mol. The molecule has 0 amide bonds. The van der Waals surface area contributed by atoms with Crippen LogP contribution in [0.2, 0.25) is 0 Å². The highest BCUT2D eigenvalue weighted by Crippen LogP contribution is 2.42. The average Bonchev–Trinajstić information content (AvgIpc) is 2.76. The van der Waals surface area contributed by atoms with Crippen LogP contribution in [0.15, 0.2) is 30.3 Å². The van der Waals surface area contributed by atoms with E-state index < -0.39 is 0 Å². The van der Waals surface area contributed by atoms with Gasteiger partial charge in [-0.1, -0.05) is 36.8 Å². The summed E-state index contributed by atoms with van der Waals surface area (Å²) in [4.78, 5) is 0. The maximum atomic E-state index is 6.62. The fraction of sp³-hybridized carbons (Fsp3) is 0.667. The van der Waals surface area contributed by atoms with Gasteiger partial charge in [-0.2, -0.15) is 0 Å². The van der Waals surface area contributed by atoms with E-state index in [1.54, 1.807) is 0 Å². The van der Waals surface area contributed by atoms with Crippen LogP contribution < -0.4 is 5.32 Å². The Morgan fingerprint density at radius 3 is 2.25 bits per heavy atom. The molecule has 1 aromatic rings. The number of hydrogen-bond acceptors (Lipinski definition) is 2. The largest absolute Gasteiger partial charge is 0.370 e. The predicted octanol–water partition coefficient (Wildman–Crippen LogP) is 3.83. The second-order valence-corrected chi connectivity index (χ2v) is 6.89. The van der Waals surface area contributed by atoms with E-state index in [0.717, 1.165) is 18.0 Å². The van der Waals surface area contributed by atoms with Gasteiger partial charge in [-0.05, 0) is 50.0 Å². The van der Waals surface area contributed by atoms with Gasteiger partial charge in [0.1, 0.15) is 0 Å². The van der Waals surface area contributed by atoms with Crippen LogP contribution in [0.1, 0.15) is 56.6 Å². The first-order valence-electron chi connectivity index (χ1n) is 8.35. The van der Waals surface area contributed by atoms with Crippen molar-refractivity contribution >= 4 is 0 Å². The van der Waals surface area contributed by atoms with Crippen LogP contribution in [0.3, 0.4) is 0 Å². The number of nitrogens with one attached hydrogen (secondary N) is 1. The molecule has 2 aliphatic heterocycles. The van der Waals surface area contributed by atoms with Crippen molar-refractivity contribution in [2.45, 2.75) is 69.2 Å². The molecule has 20 heavy (non-hydrogen) atoms. The Hall–Kier alpha value is -0.860. The molecule has 2 nitrogen and oxygen atoms in total. The number of piperidine rings is 1. The number of hydrogen-bond donors (Lipinski definition) is 1. The molecule has 2 heterocycles. The van der Waals surface area contributed by atoms with E-state index in [4.69, 9.17) is 4.74 Å². The van der Waals surface area contributed by atoms with Gasteiger partial charge in [-0.3, -0.25) is 0 Å². The minimum Gasteiger partial charge on any atom is -0.370 e. The molecule has 4 atom stereocenters. The molecule has 2 heteroatoms. The normalized spacial score (nSPS) is 34.7. The highest BCUT2D eigenvalue weighted by atomic mass is 16.5. The topological polar surface area (TPSA) is 21.3 Å². The zero-order chi connectivity index (χ0) is 13.4. The molecule has 1 aliphatic carbocycles. The molecule has 0 aromatic heterocycles. The lowest BCUT2D eigenvalue weighted by molar-refractivity contribution is -0.0798. The van der Waals surface area contributed by atoms with Gasteiger partial charge in [-0.15, -0.1) is 0 Å². The lowest BCUT2D eigenvalue weighted by Crippen LogP contribution is -2.42. The quantitative estimate of drug-likeness (QED) is 0.898. The summed E-state index contributed by atoms with van der Waals surface area (Å²) in [5.74, 6) is 0.755. The van der Waals surface area contributed by atoms with Crippen LogP contribution in [0.5, 0.6) is 0 Å². The number of rotatable bonds is 4. The second kappa shape index (κ2) is 5.50. The third-order valence-electron chi connectivity index (χ3n) is 5.47. The van der Waals surface area contributed by atoms with Gasteiger partial charge in [0, 0.05) is 12.1 Å². The molecule has 1 N–H and O–H groups in total. The maximum absolute atomic E-state index is 6.62. The Bertz CT molecular complexity index is 430. The van der Waals surface area contributed by atoms with Gasteiger partial charge >= 0.3 is 0 Å². The number of fused-ring (bicyclic) bond motifs is 2. The van der Waals surface area contributed by atoms with Gasteiger partial charge in [0.25, 0.3) is 0 Å². The van der Waals surface area contributed by atoms with Crippen molar-refractivity contribution < 1.29 is 4.74 Å². The summed E-state index contributed by atoms with van der Waals surface area (Å²) in [6, 6.07) is 12.3. The first-order valence-corrected chi connectivity index (χ1v) is 8.35. The molecule has 0 spiro atoms. The Balaban J connectivity index is 1.48. The van der Waals surface area contributed by atoms with Gasteiger partial charge in [0.2, 0.25) is 0 Å². The summed E-state index contributed by atoms with van der Waals surface area (Å²) in [6.45, 7) is 0. The zero-order valence-electron chi connectivity index (χ0n) is 12.1. The van der Waals surface area contributed by atoms with Crippen molar-refractivity contribution in [2.24, 2.45) is 5.92 Å². The van der Waals surface area contributed by atoms with Crippen molar-refractivity contribution in [2.75, 3.05) is 0 Å². The molecule has 108 valence electrons. The van der Waals surface area contributed by atoms with Gasteiger partial charge in [-0.25, -0.2) is 0 Å². The Kier molecular flexibility index (Phi) is 3.53. The number of ether oxygens (including phenoxy) is 1. The molecule has 2 unspecified atom stereocenters. The van der Waals surface area contributed by atoms with Crippen LogP contribution in [-0.2, 0) is 4.74 Å². The molecule has 4 rings (SSSR count). The molecule has 1 saturated carbocycles. The predicted molar refractivity (Wildman–Crippen MR) is 80.6 cm³/mol. The Morgan fingerprint density at radius 1 is 0.950 bits per heavy atom. The third kappa shape index (κ3) is 2.51. The molecular weight excluding hydrogens is 246 g/mol. The lowest BCUT2D eigenvalue weighted by Gasteiger charge is -2.38. The molecule has 2 bridgehead atoms. The van der Waals surface area contributed by atoms with E-state index in [0.29, 0.717) is 12.2 Å². The lowest BCUT2D eigenvalue weighted by atomic mass is 9.78. The van der Waals surface area contributed by atoms with Crippen LogP contribution in [0.4, 0.5) is 0 Å². The second-order valence-electron chi connectivity index (χ2n) is 6.89. The maximum Gasteiger partial charge on any atom is 0.0856 e. The highest BCUT2D eigenvalue weighted by Gasteiger charge is 2.37. The van der Waals surface area contributed by atoms with Crippen LogP contribution in [0.25, 0.3) is 0 Å². The Labute approximate surface area is 121 Å². The standard InChI is InChI=1S/C18H25NO/c1-2-5-13(6-3-1)18(14-7-4-8-14)20-17-11-15-9-10-16(12-17)19-15/h1-3,5-6,14-19H,4,7-12H2/t15-,16+,17?,18?. The van der Waals surface area contributed by atoms with Gasteiger partial charge < -0.3 is 10.1 Å². The van der Waals surface area contributed by atoms with E-state index in [1.807, 2.05) is 0 Å². The molecular formula is C18H25NO. The SMILES string of the molecule is c1ccc(C(OC2C[C@H]3CC[C@@H](C2)N3)C2CCC2)cc1. The summed E-state index contributed by atoms with van der Waals surface area (Å²) >= 11 is 0. The van der Waals surface area contributed by atoms with Gasteiger partial charge in [0.15, 0.2) is 0 Å². The summed E-state index contributed by atoms with van der Waals surface area (Å²) in [5.41, 5.74) is 1.39. The highest BCUT2D eigenvalue weighted by molar-refractivity contribution is 5.19. The van der Waals surface area contributed by atoms with Crippen molar-refractivity contribution in [1.29, 1.82) is 0 Å². The minimum atomic E-state index is 0.340.